The van der Waals surface area contributed by atoms with Gasteiger partial charge in [-0.1, -0.05) is 13.8 Å². The van der Waals surface area contributed by atoms with Crippen LogP contribution in [0.15, 0.2) is 70.5 Å². The summed E-state index contributed by atoms with van der Waals surface area (Å²) >= 11 is 4.53. The van der Waals surface area contributed by atoms with E-state index in [1.54, 1.807) is 19.3 Å². The SMILES string of the molecule is CCC(=O)O.CCCC(=O)O.O=c1[nH]c2ccc(I)cc2c2cc[nH]c12.O=c1[nH]c2ccc(I)cc2c2cc[nH]c12. The lowest BCUT2D eigenvalue weighted by Crippen LogP contribution is -2.05. The molecule has 0 fully saturated rings. The minimum Gasteiger partial charge on any atom is -0.481 e. The second-order valence-electron chi connectivity index (χ2n) is 8.71. The molecule has 0 amide bonds. The zero-order valence-corrected chi connectivity index (χ0v) is 26.5. The lowest BCUT2D eigenvalue weighted by Gasteiger charge is -2.00. The molecule has 4 heterocycles. The van der Waals surface area contributed by atoms with E-state index in [2.05, 4.69) is 77.3 Å². The lowest BCUT2D eigenvalue weighted by atomic mass is 10.1. The van der Waals surface area contributed by atoms with Gasteiger partial charge in [0.15, 0.2) is 0 Å². The third kappa shape index (κ3) is 8.42. The summed E-state index contributed by atoms with van der Waals surface area (Å²) in [5, 5.41) is 19.8. The maximum absolute atomic E-state index is 11.7. The van der Waals surface area contributed by atoms with Crippen molar-refractivity contribution in [3.05, 3.63) is 88.8 Å². The molecule has 0 aliphatic heterocycles. The molecule has 0 aliphatic rings. The summed E-state index contributed by atoms with van der Waals surface area (Å²) in [5.41, 5.74) is 2.92. The predicted octanol–water partition coefficient (Wildman–Crippen LogP) is 6.58. The number of H-pyrrole nitrogens is 4. The number of rotatable bonds is 3. The van der Waals surface area contributed by atoms with Gasteiger partial charge in [0.2, 0.25) is 0 Å². The highest BCUT2D eigenvalue weighted by molar-refractivity contribution is 14.1. The Labute approximate surface area is 260 Å². The summed E-state index contributed by atoms with van der Waals surface area (Å²) in [7, 11) is 0. The van der Waals surface area contributed by atoms with E-state index in [0.717, 1.165) is 46.1 Å². The third-order valence-electron chi connectivity index (χ3n) is 5.75. The van der Waals surface area contributed by atoms with Crippen molar-refractivity contribution in [2.24, 2.45) is 0 Å². The van der Waals surface area contributed by atoms with Crippen LogP contribution in [-0.4, -0.2) is 42.1 Å². The van der Waals surface area contributed by atoms with E-state index in [1.165, 1.54) is 0 Å². The Morgan fingerprint density at radius 1 is 0.683 bits per heavy atom. The van der Waals surface area contributed by atoms with E-state index in [4.69, 9.17) is 10.2 Å². The fourth-order valence-electron chi connectivity index (χ4n) is 3.84. The molecular weight excluding hydrogens is 754 g/mol. The number of aromatic nitrogens is 4. The van der Waals surface area contributed by atoms with Gasteiger partial charge in [0, 0.05) is 65.0 Å². The Morgan fingerprint density at radius 2 is 1.10 bits per heavy atom. The van der Waals surface area contributed by atoms with Gasteiger partial charge in [0.05, 0.1) is 0 Å². The van der Waals surface area contributed by atoms with Crippen molar-refractivity contribution in [2.75, 3.05) is 0 Å². The summed E-state index contributed by atoms with van der Waals surface area (Å²) in [6.07, 6.45) is 4.83. The average molecular weight is 782 g/mol. The van der Waals surface area contributed by atoms with Crippen LogP contribution in [0.2, 0.25) is 0 Å². The number of hydrogen-bond acceptors (Lipinski definition) is 4. The first-order valence-electron chi connectivity index (χ1n) is 12.6. The second-order valence-corrected chi connectivity index (χ2v) is 11.2. The minimum absolute atomic E-state index is 0.0660. The Kier molecular flexibility index (Phi) is 11.5. The highest BCUT2D eigenvalue weighted by Gasteiger charge is 2.06. The van der Waals surface area contributed by atoms with Crippen molar-refractivity contribution in [2.45, 2.75) is 33.1 Å². The van der Waals surface area contributed by atoms with Crippen LogP contribution in [0.25, 0.3) is 43.6 Å². The largest absolute Gasteiger partial charge is 0.481 e. The minimum atomic E-state index is -0.745. The molecule has 0 aliphatic carbocycles. The lowest BCUT2D eigenvalue weighted by molar-refractivity contribution is -0.137. The smallest absolute Gasteiger partial charge is 0.303 e. The van der Waals surface area contributed by atoms with Crippen LogP contribution in [0, 0.1) is 7.14 Å². The van der Waals surface area contributed by atoms with Gasteiger partial charge in [0.1, 0.15) is 11.0 Å². The maximum Gasteiger partial charge on any atom is 0.303 e. The first kappa shape index (κ1) is 31.9. The van der Waals surface area contributed by atoms with E-state index in [1.807, 2.05) is 43.3 Å². The van der Waals surface area contributed by atoms with Crippen LogP contribution in [0.3, 0.4) is 0 Å². The fourth-order valence-corrected chi connectivity index (χ4v) is 4.83. The zero-order chi connectivity index (χ0) is 30.1. The number of carbonyl (C=O) groups is 2. The molecule has 0 bridgehead atoms. The highest BCUT2D eigenvalue weighted by atomic mass is 127. The van der Waals surface area contributed by atoms with Gasteiger partial charge < -0.3 is 30.1 Å². The number of nitrogens with one attached hydrogen (secondary N) is 4. The quantitative estimate of drug-likeness (QED) is 0.111. The Bertz CT molecular complexity index is 1810. The number of benzene rings is 2. The normalized spacial score (nSPS) is 10.3. The van der Waals surface area contributed by atoms with Gasteiger partial charge in [-0.3, -0.25) is 19.2 Å². The van der Waals surface area contributed by atoms with Crippen molar-refractivity contribution in [3.8, 4) is 0 Å². The van der Waals surface area contributed by atoms with E-state index < -0.39 is 11.9 Å². The molecule has 10 nitrogen and oxygen atoms in total. The van der Waals surface area contributed by atoms with Crippen LogP contribution >= 0.6 is 45.2 Å². The summed E-state index contributed by atoms with van der Waals surface area (Å²) in [6.45, 7) is 3.44. The Balaban J connectivity index is 0.000000168. The third-order valence-corrected chi connectivity index (χ3v) is 7.10. The molecule has 0 unspecified atom stereocenters. The summed E-state index contributed by atoms with van der Waals surface area (Å²) in [5.74, 6) is -1.46. The number of fused-ring (bicyclic) bond motifs is 6. The summed E-state index contributed by atoms with van der Waals surface area (Å²) in [4.78, 5) is 53.9. The molecule has 6 aromatic rings. The van der Waals surface area contributed by atoms with Gasteiger partial charge in [-0.2, -0.15) is 0 Å². The molecule has 0 saturated heterocycles. The van der Waals surface area contributed by atoms with E-state index >= 15 is 0 Å². The number of aromatic amines is 4. The van der Waals surface area contributed by atoms with Crippen LogP contribution in [0.1, 0.15) is 33.1 Å². The van der Waals surface area contributed by atoms with Gasteiger partial charge in [-0.05, 0) is 100 Å². The van der Waals surface area contributed by atoms with Crippen LogP contribution in [-0.2, 0) is 9.59 Å². The number of carboxylic acids is 2. The first-order valence-corrected chi connectivity index (χ1v) is 14.7. The van der Waals surface area contributed by atoms with E-state index in [9.17, 15) is 19.2 Å². The van der Waals surface area contributed by atoms with Crippen LogP contribution in [0.4, 0.5) is 0 Å². The number of pyridine rings is 2. The molecule has 2 aromatic carbocycles. The van der Waals surface area contributed by atoms with Crippen LogP contribution < -0.4 is 11.1 Å². The predicted molar refractivity (Wildman–Crippen MR) is 179 cm³/mol. The second kappa shape index (κ2) is 14.8. The molecule has 41 heavy (non-hydrogen) atoms. The summed E-state index contributed by atoms with van der Waals surface area (Å²) < 4.78 is 2.32. The molecular formula is C29H28I2N4O6. The Morgan fingerprint density at radius 3 is 1.41 bits per heavy atom. The van der Waals surface area contributed by atoms with Crippen molar-refractivity contribution < 1.29 is 19.8 Å². The van der Waals surface area contributed by atoms with Gasteiger partial charge in [0.25, 0.3) is 11.1 Å². The topological polar surface area (TPSA) is 172 Å². The number of carboxylic acid groups (broad SMARTS) is 2. The van der Waals surface area contributed by atoms with Crippen molar-refractivity contribution >= 4 is 101 Å². The van der Waals surface area contributed by atoms with Gasteiger partial charge in [-0.15, -0.1) is 0 Å². The Hall–Kier alpha value is -3.66. The van der Waals surface area contributed by atoms with Crippen LogP contribution in [0.5, 0.6) is 0 Å². The molecule has 0 spiro atoms. The average Bonchev–Trinajstić information content (AvgIpc) is 3.62. The van der Waals surface area contributed by atoms with Gasteiger partial charge in [-0.25, -0.2) is 0 Å². The molecule has 4 aromatic heterocycles. The van der Waals surface area contributed by atoms with Crippen molar-refractivity contribution in [1.82, 2.24) is 19.9 Å². The highest BCUT2D eigenvalue weighted by Crippen LogP contribution is 2.23. The molecule has 6 rings (SSSR count). The van der Waals surface area contributed by atoms with Crippen molar-refractivity contribution in [3.63, 3.8) is 0 Å². The summed E-state index contributed by atoms with van der Waals surface area (Å²) in [6, 6.07) is 15.8. The molecule has 0 atom stereocenters. The first-order chi connectivity index (χ1) is 19.5. The number of halogens is 2. The van der Waals surface area contributed by atoms with E-state index in [-0.39, 0.29) is 17.5 Å². The standard InChI is InChI=1S/2C11H7IN2O.C4H8O2.C3H6O2/c2*12-6-1-2-9-8(5-6)7-3-4-13-10(7)11(15)14-9;1-2-3-4(5)6;1-2-3(4)5/h2*1-5,13H,(H,14,15);2-3H2,1H3,(H,5,6);2H2,1H3,(H,4,5). The number of aliphatic carboxylic acids is 2. The van der Waals surface area contributed by atoms with E-state index in [0.29, 0.717) is 17.5 Å². The molecule has 0 radical (unpaired) electrons. The van der Waals surface area contributed by atoms with Gasteiger partial charge >= 0.3 is 11.9 Å². The molecule has 0 saturated carbocycles. The maximum atomic E-state index is 11.7. The molecule has 214 valence electrons. The zero-order valence-electron chi connectivity index (χ0n) is 22.2. The molecule has 12 heteroatoms. The van der Waals surface area contributed by atoms with Crippen molar-refractivity contribution in [1.29, 1.82) is 0 Å². The number of hydrogen-bond donors (Lipinski definition) is 6. The fraction of sp³-hybridized carbons (Fsp3) is 0.172. The monoisotopic (exact) mass is 782 g/mol. The molecule has 6 N–H and O–H groups in total.